The van der Waals surface area contributed by atoms with Crippen molar-refractivity contribution in [1.82, 2.24) is 19.8 Å². The second-order valence-electron chi connectivity index (χ2n) is 7.17. The summed E-state index contributed by atoms with van der Waals surface area (Å²) in [6.45, 7) is 6.33. The number of hydrogen-bond donors (Lipinski definition) is 2. The lowest BCUT2D eigenvalue weighted by molar-refractivity contribution is 0.0620. The minimum absolute atomic E-state index is 0.0420. The van der Waals surface area contributed by atoms with E-state index in [1.54, 1.807) is 22.5 Å². The molecule has 0 unspecified atom stereocenters. The number of anilines is 2. The summed E-state index contributed by atoms with van der Waals surface area (Å²) in [6.07, 6.45) is 1.64. The van der Waals surface area contributed by atoms with E-state index in [0.717, 1.165) is 0 Å². The molecular weight excluding hydrogens is 481 g/mol. The van der Waals surface area contributed by atoms with Gasteiger partial charge in [0.25, 0.3) is 5.91 Å². The Kier molecular flexibility index (Phi) is 8.91. The van der Waals surface area contributed by atoms with Gasteiger partial charge in [0.2, 0.25) is 0 Å². The van der Waals surface area contributed by atoms with Crippen molar-refractivity contribution in [3.8, 4) is 0 Å². The predicted octanol–water partition coefficient (Wildman–Crippen LogP) is 4.76. The Hall–Kier alpha value is -3.08. The SMILES string of the molecule is CC.O=C(O)c1cc(CN2CCN(C(=O)c3cccc(Cl)c3F)CC2)nc(Nc2nccs2)c1. The second-order valence-corrected chi connectivity index (χ2v) is 8.47. The largest absolute Gasteiger partial charge is 0.478 e. The van der Waals surface area contributed by atoms with E-state index in [9.17, 15) is 19.1 Å². The first-order chi connectivity index (χ1) is 16.4. The normalized spacial score (nSPS) is 13.7. The molecule has 0 radical (unpaired) electrons. The Morgan fingerprint density at radius 3 is 2.59 bits per heavy atom. The molecule has 0 spiro atoms. The maximum atomic E-state index is 14.2. The number of carboxylic acid groups (broad SMARTS) is 1. The van der Waals surface area contributed by atoms with E-state index in [1.807, 2.05) is 13.8 Å². The first kappa shape index (κ1) is 25.5. The summed E-state index contributed by atoms with van der Waals surface area (Å²) < 4.78 is 14.2. The van der Waals surface area contributed by atoms with Crippen molar-refractivity contribution in [2.75, 3.05) is 31.5 Å². The van der Waals surface area contributed by atoms with Gasteiger partial charge in [-0.05, 0) is 24.3 Å². The van der Waals surface area contributed by atoms with Gasteiger partial charge in [0, 0.05) is 44.3 Å². The van der Waals surface area contributed by atoms with E-state index in [0.29, 0.717) is 49.4 Å². The van der Waals surface area contributed by atoms with Crippen molar-refractivity contribution in [3.63, 3.8) is 0 Å². The highest BCUT2D eigenvalue weighted by Crippen LogP contribution is 2.22. The zero-order chi connectivity index (χ0) is 24.7. The molecular formula is C23H25ClFN5O3S. The van der Waals surface area contributed by atoms with Gasteiger partial charge in [-0.25, -0.2) is 19.2 Å². The van der Waals surface area contributed by atoms with Gasteiger partial charge in [0.15, 0.2) is 10.9 Å². The highest BCUT2D eigenvalue weighted by Gasteiger charge is 2.25. The number of nitrogens with zero attached hydrogens (tertiary/aromatic N) is 4. The number of nitrogens with one attached hydrogen (secondary N) is 1. The lowest BCUT2D eigenvalue weighted by atomic mass is 10.1. The molecule has 34 heavy (non-hydrogen) atoms. The molecule has 1 amide bonds. The van der Waals surface area contributed by atoms with E-state index >= 15 is 0 Å². The summed E-state index contributed by atoms with van der Waals surface area (Å²) in [5, 5.41) is 14.8. The van der Waals surface area contributed by atoms with E-state index in [4.69, 9.17) is 11.6 Å². The number of carbonyl (C=O) groups excluding carboxylic acids is 1. The highest BCUT2D eigenvalue weighted by molar-refractivity contribution is 7.13. The van der Waals surface area contributed by atoms with Crippen molar-refractivity contribution in [2.24, 2.45) is 0 Å². The molecule has 0 saturated carbocycles. The molecule has 3 heterocycles. The standard InChI is InChI=1S/C21H19ClFN5O3S.C2H6/c22-16-3-1-2-15(18(16)23)19(29)28-7-5-27(6-8-28)12-14-10-13(20(30)31)11-17(25-14)26-21-24-4-9-32-21;1-2/h1-4,9-11H,5-8,12H2,(H,30,31)(H,24,25,26);1-2H3. The third-order valence-corrected chi connectivity index (χ3v) is 6.00. The van der Waals surface area contributed by atoms with Crippen LogP contribution in [-0.2, 0) is 6.54 Å². The number of carbonyl (C=O) groups is 2. The number of amides is 1. The molecule has 180 valence electrons. The van der Waals surface area contributed by atoms with Gasteiger partial charge in [-0.1, -0.05) is 31.5 Å². The van der Waals surface area contributed by atoms with Gasteiger partial charge in [-0.3, -0.25) is 9.69 Å². The molecule has 1 aromatic carbocycles. The van der Waals surface area contributed by atoms with Gasteiger partial charge >= 0.3 is 5.97 Å². The monoisotopic (exact) mass is 505 g/mol. The molecule has 3 aromatic rings. The fourth-order valence-corrected chi connectivity index (χ4v) is 4.14. The van der Waals surface area contributed by atoms with Crippen LogP contribution < -0.4 is 5.32 Å². The van der Waals surface area contributed by atoms with Gasteiger partial charge in [-0.15, -0.1) is 11.3 Å². The molecule has 1 fully saturated rings. The van der Waals surface area contributed by atoms with Crippen molar-refractivity contribution >= 4 is 45.8 Å². The van der Waals surface area contributed by atoms with Crippen molar-refractivity contribution in [2.45, 2.75) is 20.4 Å². The summed E-state index contributed by atoms with van der Waals surface area (Å²) in [6, 6.07) is 7.38. The van der Waals surface area contributed by atoms with Gasteiger partial charge in [-0.2, -0.15) is 0 Å². The number of piperazine rings is 1. The van der Waals surface area contributed by atoms with Crippen LogP contribution in [0, 0.1) is 5.82 Å². The number of aromatic nitrogens is 2. The summed E-state index contributed by atoms with van der Waals surface area (Å²) in [4.78, 5) is 36.5. The Morgan fingerprint density at radius 1 is 1.21 bits per heavy atom. The Morgan fingerprint density at radius 2 is 1.94 bits per heavy atom. The zero-order valence-electron chi connectivity index (χ0n) is 18.8. The molecule has 0 atom stereocenters. The Labute approximate surface area is 206 Å². The van der Waals surface area contributed by atoms with Crippen LogP contribution in [0.5, 0.6) is 0 Å². The average molecular weight is 506 g/mol. The van der Waals surface area contributed by atoms with E-state index in [2.05, 4.69) is 20.2 Å². The lowest BCUT2D eigenvalue weighted by Gasteiger charge is -2.34. The number of benzene rings is 1. The van der Waals surface area contributed by atoms with E-state index in [1.165, 1.54) is 35.6 Å². The first-order valence-corrected chi connectivity index (χ1v) is 12.0. The van der Waals surface area contributed by atoms with Gasteiger partial charge < -0.3 is 15.3 Å². The van der Waals surface area contributed by atoms with Crippen LogP contribution in [0.3, 0.4) is 0 Å². The third-order valence-electron chi connectivity index (χ3n) is 5.02. The maximum Gasteiger partial charge on any atom is 0.335 e. The molecule has 1 aliphatic heterocycles. The maximum absolute atomic E-state index is 14.2. The van der Waals surface area contributed by atoms with Crippen LogP contribution >= 0.6 is 22.9 Å². The topological polar surface area (TPSA) is 98.7 Å². The number of rotatable bonds is 6. The fraction of sp³-hybridized carbons (Fsp3) is 0.304. The molecule has 1 saturated heterocycles. The molecule has 11 heteroatoms. The molecule has 1 aliphatic rings. The number of carboxylic acids is 1. The predicted molar refractivity (Wildman–Crippen MR) is 131 cm³/mol. The van der Waals surface area contributed by atoms with Crippen LogP contribution in [0.2, 0.25) is 5.02 Å². The Balaban J connectivity index is 0.00000158. The summed E-state index contributed by atoms with van der Waals surface area (Å²) >= 11 is 7.18. The molecule has 2 N–H and O–H groups in total. The summed E-state index contributed by atoms with van der Waals surface area (Å²) in [7, 11) is 0. The molecule has 0 bridgehead atoms. The van der Waals surface area contributed by atoms with Gasteiger partial charge in [0.1, 0.15) is 5.82 Å². The third kappa shape index (κ3) is 6.28. The molecule has 2 aromatic heterocycles. The van der Waals surface area contributed by atoms with Crippen LogP contribution in [0.15, 0.2) is 41.9 Å². The molecule has 0 aliphatic carbocycles. The van der Waals surface area contributed by atoms with E-state index < -0.39 is 17.7 Å². The number of thiazole rings is 1. The van der Waals surface area contributed by atoms with E-state index in [-0.39, 0.29) is 16.1 Å². The van der Waals surface area contributed by atoms with Crippen molar-refractivity contribution in [1.29, 1.82) is 0 Å². The Bertz CT molecular complexity index is 1140. The number of hydrogen-bond acceptors (Lipinski definition) is 7. The minimum Gasteiger partial charge on any atom is -0.478 e. The summed E-state index contributed by atoms with van der Waals surface area (Å²) in [5.74, 6) is -1.75. The van der Waals surface area contributed by atoms with Crippen LogP contribution in [0.25, 0.3) is 0 Å². The smallest absolute Gasteiger partial charge is 0.335 e. The van der Waals surface area contributed by atoms with Crippen molar-refractivity contribution in [3.05, 3.63) is 69.6 Å². The minimum atomic E-state index is -1.05. The van der Waals surface area contributed by atoms with Crippen molar-refractivity contribution < 1.29 is 19.1 Å². The highest BCUT2D eigenvalue weighted by atomic mass is 35.5. The van der Waals surface area contributed by atoms with Crippen LogP contribution in [0.1, 0.15) is 40.3 Å². The van der Waals surface area contributed by atoms with Gasteiger partial charge in [0.05, 0.1) is 21.8 Å². The lowest BCUT2D eigenvalue weighted by Crippen LogP contribution is -2.48. The van der Waals surface area contributed by atoms with Crippen LogP contribution in [0.4, 0.5) is 15.3 Å². The fourth-order valence-electron chi connectivity index (χ4n) is 3.43. The first-order valence-electron chi connectivity index (χ1n) is 10.8. The molecule has 4 rings (SSSR count). The zero-order valence-corrected chi connectivity index (χ0v) is 20.4. The quantitative estimate of drug-likeness (QED) is 0.498. The average Bonchev–Trinajstić information content (AvgIpc) is 3.35. The second kappa shape index (κ2) is 11.9. The molecule has 8 nitrogen and oxygen atoms in total. The number of halogens is 2. The number of aromatic carboxylic acids is 1. The number of pyridine rings is 1. The summed E-state index contributed by atoms with van der Waals surface area (Å²) in [5.41, 5.74) is 0.670. The van der Waals surface area contributed by atoms with Crippen LogP contribution in [-0.4, -0.2) is 62.9 Å².